The van der Waals surface area contributed by atoms with Crippen molar-refractivity contribution < 1.29 is 23.5 Å². The number of rotatable bonds is 14. The Balaban J connectivity index is 1.40. The Kier molecular flexibility index (Phi) is 11.2. The molecule has 2 aliphatic carbocycles. The summed E-state index contributed by atoms with van der Waals surface area (Å²) in [6, 6.07) is 10.9. The molecule has 2 aromatic rings. The predicted octanol–water partition coefficient (Wildman–Crippen LogP) is 9.40. The van der Waals surface area contributed by atoms with Gasteiger partial charge in [0.25, 0.3) is 0 Å². The largest absolute Gasteiger partial charge is 0.497 e. The van der Waals surface area contributed by atoms with E-state index < -0.39 is 8.32 Å². The second-order valence-electron chi connectivity index (χ2n) is 15.3. The van der Waals surface area contributed by atoms with Crippen LogP contribution in [0.15, 0.2) is 40.0 Å². The summed E-state index contributed by atoms with van der Waals surface area (Å²) < 4.78 is 27.3. The van der Waals surface area contributed by atoms with Gasteiger partial charge in [-0.15, -0.1) is 0 Å². The van der Waals surface area contributed by atoms with Crippen LogP contribution in [0.25, 0.3) is 0 Å². The van der Waals surface area contributed by atoms with E-state index in [0.717, 1.165) is 65.6 Å². The minimum absolute atomic E-state index is 0.0676. The molecule has 2 saturated carbocycles. The highest BCUT2D eigenvalue weighted by Crippen LogP contribution is 2.61. The lowest BCUT2D eigenvalue weighted by atomic mass is 9.64. The Bertz CT molecular complexity index is 1440. The van der Waals surface area contributed by atoms with Crippen LogP contribution in [0.1, 0.15) is 90.3 Å². The second kappa shape index (κ2) is 14.9. The molecule has 1 spiro atoms. The Labute approximate surface area is 301 Å². The van der Waals surface area contributed by atoms with Crippen LogP contribution in [-0.2, 0) is 27.0 Å². The zero-order valence-corrected chi connectivity index (χ0v) is 33.5. The van der Waals surface area contributed by atoms with Gasteiger partial charge in [-0.2, -0.15) is 11.8 Å². The van der Waals surface area contributed by atoms with Gasteiger partial charge >= 0.3 is 0 Å². The Hall–Kier alpha value is -1.72. The van der Waals surface area contributed by atoms with E-state index in [0.29, 0.717) is 29.1 Å². The first-order chi connectivity index (χ1) is 23.0. The molecule has 0 radical (unpaired) electrons. The summed E-state index contributed by atoms with van der Waals surface area (Å²) in [7, 11) is 1.30. The zero-order chi connectivity index (χ0) is 34.2. The molecule has 6 rings (SSSR count). The van der Waals surface area contributed by atoms with Crippen LogP contribution in [0.2, 0.25) is 16.6 Å². The van der Waals surface area contributed by atoms with Gasteiger partial charge in [-0.25, -0.2) is 0 Å². The number of nitrogens with one attached hydrogen (secondary N) is 1. The van der Waals surface area contributed by atoms with E-state index in [2.05, 4.69) is 98.3 Å². The standard InChI is InChI=1S/C38H55BrN2O5SSi/c1-23(2)48(24(3)4,25(5)6)45-21-30-18-38-33(16-29(41-43-8)17-34(38)47-22-27-11-13-31(42-7)14-12-27)46-37-35(38)28(19-40-30)15-32(36(37)39)44-20-26-9-10-26/h11-15,23-26,30,33-34,40H,9-10,16-22H2,1-8H3/b41-29+/t30-,33+,34+,38+/m0/s1. The van der Waals surface area contributed by atoms with Crippen molar-refractivity contribution in [3.05, 3.63) is 51.5 Å². The predicted molar refractivity (Wildman–Crippen MR) is 202 cm³/mol. The number of hydrogen-bond donors (Lipinski definition) is 1. The fourth-order valence-corrected chi connectivity index (χ4v) is 16.6. The van der Waals surface area contributed by atoms with Crippen LogP contribution in [0.4, 0.5) is 0 Å². The van der Waals surface area contributed by atoms with E-state index in [1.165, 1.54) is 29.5 Å². The van der Waals surface area contributed by atoms with Gasteiger partial charge in [0, 0.05) is 48.6 Å². The molecule has 48 heavy (non-hydrogen) atoms. The van der Waals surface area contributed by atoms with Gasteiger partial charge in [-0.3, -0.25) is 0 Å². The number of halogens is 1. The topological polar surface area (TPSA) is 70.5 Å². The molecule has 7 nitrogen and oxygen atoms in total. The average Bonchev–Trinajstić information content (AvgIpc) is 3.85. The Morgan fingerprint density at radius 1 is 1.02 bits per heavy atom. The number of methoxy groups -OCH3 is 1. The first-order valence-electron chi connectivity index (χ1n) is 17.9. The molecule has 264 valence electrons. The maximum absolute atomic E-state index is 7.30. The summed E-state index contributed by atoms with van der Waals surface area (Å²) in [6.07, 6.45) is 4.96. The fourth-order valence-electron chi connectivity index (χ4n) is 9.00. The average molecular weight is 760 g/mol. The van der Waals surface area contributed by atoms with Gasteiger partial charge in [0.15, 0.2) is 8.32 Å². The third kappa shape index (κ3) is 6.82. The van der Waals surface area contributed by atoms with Crippen molar-refractivity contribution in [1.29, 1.82) is 0 Å². The van der Waals surface area contributed by atoms with Crippen molar-refractivity contribution in [1.82, 2.24) is 5.32 Å². The number of ether oxygens (including phenoxy) is 3. The molecule has 0 saturated heterocycles. The Morgan fingerprint density at radius 2 is 1.73 bits per heavy atom. The van der Waals surface area contributed by atoms with E-state index in [1.54, 1.807) is 14.2 Å². The molecule has 0 aromatic heterocycles. The summed E-state index contributed by atoms with van der Waals surface area (Å²) in [5, 5.41) is 8.77. The van der Waals surface area contributed by atoms with Gasteiger partial charge in [0.1, 0.15) is 34.9 Å². The molecule has 2 heterocycles. The van der Waals surface area contributed by atoms with Crippen LogP contribution in [0.3, 0.4) is 0 Å². The number of hydrogen-bond acceptors (Lipinski definition) is 8. The van der Waals surface area contributed by atoms with Crippen molar-refractivity contribution in [3.8, 4) is 17.2 Å². The van der Waals surface area contributed by atoms with Gasteiger partial charge in [0.2, 0.25) is 0 Å². The van der Waals surface area contributed by atoms with Crippen molar-refractivity contribution in [2.45, 2.75) is 125 Å². The first-order valence-corrected chi connectivity index (χ1v) is 21.9. The van der Waals surface area contributed by atoms with E-state index >= 15 is 0 Å². The highest BCUT2D eigenvalue weighted by atomic mass is 79.9. The normalized spacial score (nSPS) is 26.0. The van der Waals surface area contributed by atoms with Crippen molar-refractivity contribution in [3.63, 3.8) is 0 Å². The fraction of sp³-hybridized carbons (Fsp3) is 0.658. The lowest BCUT2D eigenvalue weighted by Gasteiger charge is -2.47. The SMILES string of the molecule is CO/N=C1\C[C@H]2Oc3c(Br)c(OCC4CC4)cc4c3[C@@]2(C[C@@H](CO[Si](C(C)C)(C(C)C)C(C)C)NC4)[C@H](SCc2ccc(OC)cc2)C1. The van der Waals surface area contributed by atoms with Gasteiger partial charge in [0.05, 0.1) is 24.8 Å². The maximum Gasteiger partial charge on any atom is 0.200 e. The molecule has 0 bridgehead atoms. The third-order valence-corrected chi connectivity index (χ3v) is 19.7. The molecule has 4 atom stereocenters. The molecule has 2 fully saturated rings. The lowest BCUT2D eigenvalue weighted by Crippen LogP contribution is -2.56. The zero-order valence-electron chi connectivity index (χ0n) is 30.1. The molecular formula is C38H55BrN2O5SSi. The summed E-state index contributed by atoms with van der Waals surface area (Å²) in [5.74, 6) is 4.27. The number of thioether (sulfide) groups is 1. The first kappa shape index (κ1) is 36.1. The van der Waals surface area contributed by atoms with Crippen molar-refractivity contribution >= 4 is 41.7 Å². The van der Waals surface area contributed by atoms with Gasteiger partial charge in [-0.1, -0.05) is 58.8 Å². The van der Waals surface area contributed by atoms with Crippen LogP contribution in [-0.4, -0.2) is 58.9 Å². The molecule has 4 aliphatic rings. The minimum Gasteiger partial charge on any atom is -0.497 e. The maximum atomic E-state index is 7.30. The van der Waals surface area contributed by atoms with E-state index in [-0.39, 0.29) is 22.8 Å². The summed E-state index contributed by atoms with van der Waals surface area (Å²) >= 11 is 6.00. The molecular weight excluding hydrogens is 704 g/mol. The summed E-state index contributed by atoms with van der Waals surface area (Å²) in [4.78, 5) is 5.39. The van der Waals surface area contributed by atoms with E-state index in [1.807, 2.05) is 11.8 Å². The third-order valence-electron chi connectivity index (χ3n) is 11.4. The molecule has 0 unspecified atom stereocenters. The highest BCUT2D eigenvalue weighted by molar-refractivity contribution is 9.10. The van der Waals surface area contributed by atoms with E-state index in [9.17, 15) is 0 Å². The minimum atomic E-state index is -2.06. The highest BCUT2D eigenvalue weighted by Gasteiger charge is 2.60. The van der Waals surface area contributed by atoms with Crippen LogP contribution in [0.5, 0.6) is 17.2 Å². The van der Waals surface area contributed by atoms with Crippen LogP contribution >= 0.6 is 27.7 Å². The van der Waals surface area contributed by atoms with E-state index in [4.69, 9.17) is 23.5 Å². The van der Waals surface area contributed by atoms with Crippen LogP contribution in [0, 0.1) is 5.92 Å². The van der Waals surface area contributed by atoms with Gasteiger partial charge < -0.3 is 28.8 Å². The molecule has 0 amide bonds. The Morgan fingerprint density at radius 3 is 2.35 bits per heavy atom. The molecule has 10 heteroatoms. The number of benzene rings is 2. The molecule has 1 N–H and O–H groups in total. The molecule has 2 aromatic carbocycles. The van der Waals surface area contributed by atoms with Crippen molar-refractivity contribution in [2.24, 2.45) is 11.1 Å². The summed E-state index contributed by atoms with van der Waals surface area (Å²) in [6.45, 7) is 16.5. The van der Waals surface area contributed by atoms with Gasteiger partial charge in [-0.05, 0) is 87.1 Å². The number of nitrogens with zero attached hydrogens (tertiary/aromatic N) is 1. The molecule has 2 aliphatic heterocycles. The smallest absolute Gasteiger partial charge is 0.200 e. The quantitative estimate of drug-likeness (QED) is 0.152. The second-order valence-corrected chi connectivity index (χ2v) is 22.7. The van der Waals surface area contributed by atoms with Crippen molar-refractivity contribution in [2.75, 3.05) is 27.4 Å². The monoisotopic (exact) mass is 758 g/mol. The van der Waals surface area contributed by atoms with Crippen LogP contribution < -0.4 is 19.5 Å². The summed E-state index contributed by atoms with van der Waals surface area (Å²) in [5.41, 5.74) is 6.33. The lowest BCUT2D eigenvalue weighted by molar-refractivity contribution is 0.109. The number of oxime groups is 1.